The summed E-state index contributed by atoms with van der Waals surface area (Å²) < 4.78 is 17.9. The van der Waals surface area contributed by atoms with Crippen molar-refractivity contribution in [1.29, 1.82) is 5.26 Å². The molecule has 6 heteroatoms. The molecule has 0 aliphatic carbocycles. The molecule has 0 spiro atoms. The van der Waals surface area contributed by atoms with E-state index >= 15 is 0 Å². The lowest BCUT2D eigenvalue weighted by molar-refractivity contribution is 0.387. The number of hydrogen-bond donors (Lipinski definition) is 1. The maximum absolute atomic E-state index is 13.1. The maximum Gasteiger partial charge on any atom is 0.183 e. The van der Waals surface area contributed by atoms with E-state index in [1.807, 2.05) is 0 Å². The molecule has 0 atom stereocenters. The van der Waals surface area contributed by atoms with Gasteiger partial charge in [-0.1, -0.05) is 11.8 Å². The topological polar surface area (TPSA) is 57.4 Å². The van der Waals surface area contributed by atoms with E-state index in [2.05, 4.69) is 10.3 Å². The summed E-state index contributed by atoms with van der Waals surface area (Å²) in [5.41, 5.74) is 0.519. The number of aliphatic imine (C=N–C) groups is 1. The number of ether oxygens (including phenoxy) is 1. The van der Waals surface area contributed by atoms with E-state index in [9.17, 15) is 4.39 Å². The highest BCUT2D eigenvalue weighted by atomic mass is 32.2. The number of nitrogens with one attached hydrogen (secondary N) is 1. The van der Waals surface area contributed by atoms with Gasteiger partial charge in [-0.05, 0) is 18.4 Å². The second-order valence-corrected chi connectivity index (χ2v) is 3.47. The van der Waals surface area contributed by atoms with Crippen LogP contribution in [0.5, 0.6) is 5.75 Å². The fraction of sp³-hybridized carbons (Fsp3) is 0.200. The second-order valence-electron chi connectivity index (χ2n) is 2.68. The molecule has 1 aromatic rings. The van der Waals surface area contributed by atoms with Crippen molar-refractivity contribution >= 4 is 22.6 Å². The molecule has 0 heterocycles. The Hall–Kier alpha value is -1.74. The molecular weight excluding hydrogens is 229 g/mol. The zero-order valence-electron chi connectivity index (χ0n) is 8.82. The number of halogens is 1. The Labute approximate surface area is 97.1 Å². The minimum Gasteiger partial charge on any atom is -0.494 e. The van der Waals surface area contributed by atoms with Crippen molar-refractivity contribution in [2.24, 2.45) is 4.99 Å². The van der Waals surface area contributed by atoms with Crippen LogP contribution in [0.1, 0.15) is 0 Å². The number of rotatable bonds is 2. The smallest absolute Gasteiger partial charge is 0.183 e. The predicted molar refractivity (Wildman–Crippen MR) is 62.3 cm³/mol. The van der Waals surface area contributed by atoms with E-state index in [0.717, 1.165) is 0 Å². The molecule has 0 fully saturated rings. The minimum atomic E-state index is -0.444. The van der Waals surface area contributed by atoms with Gasteiger partial charge in [-0.3, -0.25) is 5.32 Å². The Bertz CT molecular complexity index is 442. The van der Waals surface area contributed by atoms with Crippen LogP contribution in [-0.2, 0) is 0 Å². The lowest BCUT2D eigenvalue weighted by Gasteiger charge is -2.03. The number of nitrogens with zero attached hydrogens (tertiary/aromatic N) is 2. The third kappa shape index (κ3) is 3.14. The molecule has 1 rings (SSSR count). The first-order chi connectivity index (χ1) is 7.71. The van der Waals surface area contributed by atoms with Crippen LogP contribution in [0.15, 0.2) is 23.2 Å². The number of thioether (sulfide) groups is 1. The SMILES string of the molecule is COc1cc(N=C(NC#N)SC)ccc1F. The van der Waals surface area contributed by atoms with Crippen LogP contribution in [0.4, 0.5) is 10.1 Å². The van der Waals surface area contributed by atoms with Crippen molar-refractivity contribution in [1.82, 2.24) is 5.32 Å². The van der Waals surface area contributed by atoms with Gasteiger partial charge in [0.2, 0.25) is 0 Å². The van der Waals surface area contributed by atoms with Gasteiger partial charge in [-0.2, -0.15) is 5.26 Å². The van der Waals surface area contributed by atoms with Crippen LogP contribution in [0.2, 0.25) is 0 Å². The zero-order chi connectivity index (χ0) is 12.0. The first-order valence-electron chi connectivity index (χ1n) is 4.32. The summed E-state index contributed by atoms with van der Waals surface area (Å²) in [6.45, 7) is 0. The van der Waals surface area contributed by atoms with Crippen molar-refractivity contribution in [3.05, 3.63) is 24.0 Å². The fourth-order valence-electron chi connectivity index (χ4n) is 1.01. The molecule has 0 aromatic heterocycles. The van der Waals surface area contributed by atoms with Crippen LogP contribution >= 0.6 is 11.8 Å². The van der Waals surface area contributed by atoms with Crippen LogP contribution in [-0.4, -0.2) is 18.5 Å². The standard InChI is InChI=1S/C10H10FN3OS/c1-15-9-5-7(3-4-8(9)11)14-10(16-2)13-6-12/h3-5H,1-2H3,(H,13,14). The van der Waals surface area contributed by atoms with Gasteiger partial charge in [-0.15, -0.1) is 0 Å². The Kier molecular flexibility index (Phi) is 4.61. The number of nitriles is 1. The molecule has 0 aliphatic rings. The lowest BCUT2D eigenvalue weighted by atomic mass is 10.3. The summed E-state index contributed by atoms with van der Waals surface area (Å²) in [7, 11) is 1.38. The first kappa shape index (κ1) is 12.3. The van der Waals surface area contributed by atoms with Gasteiger partial charge in [0, 0.05) is 6.07 Å². The molecule has 0 aliphatic heterocycles. The maximum atomic E-state index is 13.1. The van der Waals surface area contributed by atoms with Gasteiger partial charge in [0.1, 0.15) is 0 Å². The lowest BCUT2D eigenvalue weighted by Crippen LogP contribution is -2.12. The van der Waals surface area contributed by atoms with Crippen LogP contribution in [0, 0.1) is 17.3 Å². The van der Waals surface area contributed by atoms with Gasteiger partial charge >= 0.3 is 0 Å². The third-order valence-corrected chi connectivity index (χ3v) is 2.30. The minimum absolute atomic E-state index is 0.124. The Morgan fingerprint density at radius 2 is 2.38 bits per heavy atom. The largest absolute Gasteiger partial charge is 0.494 e. The molecule has 0 saturated carbocycles. The molecular formula is C10H10FN3OS. The van der Waals surface area contributed by atoms with Crippen LogP contribution in [0.3, 0.4) is 0 Å². The molecule has 1 aromatic carbocycles. The van der Waals surface area contributed by atoms with Gasteiger partial charge in [0.05, 0.1) is 12.8 Å². The summed E-state index contributed by atoms with van der Waals surface area (Å²) in [6.07, 6.45) is 3.55. The molecule has 1 N–H and O–H groups in total. The summed E-state index contributed by atoms with van der Waals surface area (Å²) in [4.78, 5) is 4.12. The highest BCUT2D eigenvalue weighted by molar-refractivity contribution is 8.13. The predicted octanol–water partition coefficient (Wildman–Crippen LogP) is 2.26. The van der Waals surface area contributed by atoms with Gasteiger partial charge in [0.15, 0.2) is 22.9 Å². The number of amidine groups is 1. The molecule has 16 heavy (non-hydrogen) atoms. The van der Waals surface area contributed by atoms with Gasteiger partial charge < -0.3 is 4.74 Å². The molecule has 0 saturated heterocycles. The Balaban J connectivity index is 3.01. The summed E-state index contributed by atoms with van der Waals surface area (Å²) in [6, 6.07) is 4.24. The fourth-order valence-corrected chi connectivity index (χ4v) is 1.35. The molecule has 0 radical (unpaired) electrons. The first-order valence-corrected chi connectivity index (χ1v) is 5.55. The molecule has 4 nitrogen and oxygen atoms in total. The quantitative estimate of drug-likeness (QED) is 0.372. The molecule has 0 bridgehead atoms. The van der Waals surface area contributed by atoms with Crippen molar-refractivity contribution in [2.45, 2.75) is 0 Å². The van der Waals surface area contributed by atoms with E-state index in [4.69, 9.17) is 10.00 Å². The normalized spacial score (nSPS) is 10.8. The van der Waals surface area contributed by atoms with E-state index in [1.54, 1.807) is 12.4 Å². The summed E-state index contributed by atoms with van der Waals surface area (Å²) >= 11 is 1.29. The van der Waals surface area contributed by atoms with Crippen molar-refractivity contribution < 1.29 is 9.13 Å². The van der Waals surface area contributed by atoms with Crippen LogP contribution < -0.4 is 10.1 Å². The van der Waals surface area contributed by atoms with Crippen LogP contribution in [0.25, 0.3) is 0 Å². The van der Waals surface area contributed by atoms with Crippen molar-refractivity contribution in [2.75, 3.05) is 13.4 Å². The average molecular weight is 239 g/mol. The average Bonchev–Trinajstić information content (AvgIpc) is 2.30. The number of benzene rings is 1. The monoisotopic (exact) mass is 239 g/mol. The van der Waals surface area contributed by atoms with Crippen molar-refractivity contribution in [3.63, 3.8) is 0 Å². The molecule has 84 valence electrons. The molecule has 0 unspecified atom stereocenters. The number of methoxy groups -OCH3 is 1. The Morgan fingerprint density at radius 1 is 1.62 bits per heavy atom. The second kappa shape index (κ2) is 5.98. The van der Waals surface area contributed by atoms with E-state index in [-0.39, 0.29) is 5.75 Å². The summed E-state index contributed by atoms with van der Waals surface area (Å²) in [5.74, 6) is -0.320. The van der Waals surface area contributed by atoms with Gasteiger partial charge in [0.25, 0.3) is 0 Å². The van der Waals surface area contributed by atoms with E-state index in [1.165, 1.54) is 37.1 Å². The highest BCUT2D eigenvalue weighted by Gasteiger charge is 2.03. The summed E-state index contributed by atoms with van der Waals surface area (Å²) in [5, 5.41) is 11.3. The van der Waals surface area contributed by atoms with Gasteiger partial charge in [-0.25, -0.2) is 9.38 Å². The highest BCUT2D eigenvalue weighted by Crippen LogP contribution is 2.24. The van der Waals surface area contributed by atoms with Crippen molar-refractivity contribution in [3.8, 4) is 11.9 Å². The number of hydrogen-bond acceptors (Lipinski definition) is 4. The molecule has 0 amide bonds. The van der Waals surface area contributed by atoms with E-state index in [0.29, 0.717) is 10.9 Å². The Morgan fingerprint density at radius 3 is 2.94 bits per heavy atom. The zero-order valence-corrected chi connectivity index (χ0v) is 9.64. The third-order valence-electron chi connectivity index (χ3n) is 1.72. The van der Waals surface area contributed by atoms with E-state index < -0.39 is 5.82 Å².